The van der Waals surface area contributed by atoms with Crippen molar-refractivity contribution in [2.24, 2.45) is 0 Å². The fraction of sp³-hybridized carbons (Fsp3) is 0.158. The van der Waals surface area contributed by atoms with Gasteiger partial charge in [-0.1, -0.05) is 66.3 Å². The van der Waals surface area contributed by atoms with E-state index in [-0.39, 0.29) is 0 Å². The average Bonchev–Trinajstić information content (AvgIpc) is 2.49. The van der Waals surface area contributed by atoms with Crippen molar-refractivity contribution in [2.45, 2.75) is 19.8 Å². The molecule has 0 unspecified atom stereocenters. The van der Waals surface area contributed by atoms with Crippen LogP contribution in [0.2, 0.25) is 0 Å². The van der Waals surface area contributed by atoms with Crippen LogP contribution in [-0.2, 0) is 0 Å². The summed E-state index contributed by atoms with van der Waals surface area (Å²) in [5.41, 5.74) is 6.78. The number of rotatable bonds is 2. The van der Waals surface area contributed by atoms with Crippen LogP contribution in [0.1, 0.15) is 25.3 Å². The molecule has 0 bridgehead atoms. The van der Waals surface area contributed by atoms with E-state index in [0.717, 1.165) is 0 Å². The van der Waals surface area contributed by atoms with Crippen molar-refractivity contribution in [1.82, 2.24) is 0 Å². The van der Waals surface area contributed by atoms with Gasteiger partial charge in [-0.25, -0.2) is 0 Å². The minimum Gasteiger partial charge on any atom is -0.0836 e. The second-order valence-corrected chi connectivity index (χ2v) is 5.08. The molecule has 0 saturated carbocycles. The minimum absolute atomic E-state index is 1.17. The van der Waals surface area contributed by atoms with Gasteiger partial charge >= 0.3 is 0 Å². The van der Waals surface area contributed by atoms with Crippen LogP contribution in [0.4, 0.5) is 0 Å². The summed E-state index contributed by atoms with van der Waals surface area (Å²) in [6.07, 6.45) is 6.90. The van der Waals surface area contributed by atoms with Crippen molar-refractivity contribution >= 4 is 5.57 Å². The quantitative estimate of drug-likeness (QED) is 0.658. The van der Waals surface area contributed by atoms with Crippen molar-refractivity contribution < 1.29 is 0 Å². The summed E-state index contributed by atoms with van der Waals surface area (Å²) in [6, 6.07) is 19.4. The fourth-order valence-corrected chi connectivity index (χ4v) is 2.62. The standard InChI is InChI=1S/C19H18/c1-15-8-5-6-13-19(15)18-12-7-11-17(14-18)16-9-3-2-4-10-16/h2-4,6-7,9-14H,5,8H2,1H3. The summed E-state index contributed by atoms with van der Waals surface area (Å²) in [7, 11) is 0. The molecule has 1 aliphatic carbocycles. The summed E-state index contributed by atoms with van der Waals surface area (Å²) in [6.45, 7) is 2.24. The smallest absolute Gasteiger partial charge is 0.0178 e. The van der Waals surface area contributed by atoms with Crippen LogP contribution in [-0.4, -0.2) is 0 Å². The van der Waals surface area contributed by atoms with Crippen LogP contribution in [0.5, 0.6) is 0 Å². The normalized spacial score (nSPS) is 14.8. The summed E-state index contributed by atoms with van der Waals surface area (Å²) in [4.78, 5) is 0. The molecule has 2 aromatic carbocycles. The average molecular weight is 246 g/mol. The molecule has 94 valence electrons. The lowest BCUT2D eigenvalue weighted by atomic mass is 9.91. The van der Waals surface area contributed by atoms with Gasteiger partial charge in [-0.2, -0.15) is 0 Å². The number of hydrogen-bond donors (Lipinski definition) is 0. The van der Waals surface area contributed by atoms with E-state index in [1.165, 1.54) is 40.7 Å². The molecule has 3 rings (SSSR count). The molecule has 0 saturated heterocycles. The van der Waals surface area contributed by atoms with Crippen LogP contribution in [0.3, 0.4) is 0 Å². The third-order valence-corrected chi connectivity index (χ3v) is 3.71. The van der Waals surface area contributed by atoms with E-state index >= 15 is 0 Å². The molecule has 0 amide bonds. The second-order valence-electron chi connectivity index (χ2n) is 5.08. The van der Waals surface area contributed by atoms with Gasteiger partial charge in [0.25, 0.3) is 0 Å². The highest BCUT2D eigenvalue weighted by atomic mass is 14.1. The van der Waals surface area contributed by atoms with Crippen molar-refractivity contribution in [1.29, 1.82) is 0 Å². The molecular weight excluding hydrogens is 228 g/mol. The molecule has 2 aromatic rings. The minimum atomic E-state index is 1.17. The predicted molar refractivity (Wildman–Crippen MR) is 82.8 cm³/mol. The van der Waals surface area contributed by atoms with E-state index in [2.05, 4.69) is 73.7 Å². The molecule has 0 radical (unpaired) electrons. The first-order chi connectivity index (χ1) is 9.34. The van der Waals surface area contributed by atoms with Gasteiger partial charge in [0.2, 0.25) is 0 Å². The second kappa shape index (κ2) is 5.27. The third-order valence-electron chi connectivity index (χ3n) is 3.71. The summed E-state index contributed by atoms with van der Waals surface area (Å²) in [5, 5.41) is 0. The topological polar surface area (TPSA) is 0 Å². The highest BCUT2D eigenvalue weighted by molar-refractivity contribution is 5.80. The highest BCUT2D eigenvalue weighted by Gasteiger charge is 2.07. The molecule has 0 heteroatoms. The SMILES string of the molecule is CC1=C(c2cccc(-c3ccccc3)c2)C=CCC1. The predicted octanol–water partition coefficient (Wildman–Crippen LogP) is 5.48. The van der Waals surface area contributed by atoms with Crippen molar-refractivity contribution in [2.75, 3.05) is 0 Å². The van der Waals surface area contributed by atoms with Crippen molar-refractivity contribution in [3.63, 3.8) is 0 Å². The Labute approximate surface area is 115 Å². The first-order valence-electron chi connectivity index (χ1n) is 6.87. The van der Waals surface area contributed by atoms with Gasteiger partial charge in [-0.05, 0) is 48.1 Å². The molecule has 0 fully saturated rings. The first kappa shape index (κ1) is 12.0. The molecule has 0 nitrogen and oxygen atoms in total. The molecule has 0 aromatic heterocycles. The van der Waals surface area contributed by atoms with E-state index in [0.29, 0.717) is 0 Å². The largest absolute Gasteiger partial charge is 0.0836 e. The van der Waals surface area contributed by atoms with Gasteiger partial charge in [-0.3, -0.25) is 0 Å². The van der Waals surface area contributed by atoms with E-state index in [1.807, 2.05) is 0 Å². The Bertz CT molecular complexity index is 630. The highest BCUT2D eigenvalue weighted by Crippen LogP contribution is 2.30. The van der Waals surface area contributed by atoms with E-state index in [4.69, 9.17) is 0 Å². The van der Waals surface area contributed by atoms with E-state index in [1.54, 1.807) is 0 Å². The monoisotopic (exact) mass is 246 g/mol. The zero-order chi connectivity index (χ0) is 13.1. The molecule has 0 aliphatic heterocycles. The maximum Gasteiger partial charge on any atom is -0.0178 e. The third kappa shape index (κ3) is 2.53. The van der Waals surface area contributed by atoms with Crippen molar-refractivity contribution in [3.05, 3.63) is 77.9 Å². The number of benzene rings is 2. The lowest BCUT2D eigenvalue weighted by Crippen LogP contribution is -1.92. The van der Waals surface area contributed by atoms with Gasteiger partial charge in [0.15, 0.2) is 0 Å². The molecule has 19 heavy (non-hydrogen) atoms. The molecule has 0 N–H and O–H groups in total. The Morgan fingerprint density at radius 2 is 1.53 bits per heavy atom. The molecule has 1 aliphatic rings. The number of allylic oxidation sites excluding steroid dienone is 4. The fourth-order valence-electron chi connectivity index (χ4n) is 2.62. The molecule has 0 atom stereocenters. The summed E-state index contributed by atoms with van der Waals surface area (Å²) in [5.74, 6) is 0. The summed E-state index contributed by atoms with van der Waals surface area (Å²) >= 11 is 0. The van der Waals surface area contributed by atoms with Crippen LogP contribution < -0.4 is 0 Å². The van der Waals surface area contributed by atoms with Crippen LogP contribution >= 0.6 is 0 Å². The summed E-state index contributed by atoms with van der Waals surface area (Å²) < 4.78 is 0. The Morgan fingerprint density at radius 3 is 2.32 bits per heavy atom. The zero-order valence-electron chi connectivity index (χ0n) is 11.3. The molecular formula is C19H18. The van der Waals surface area contributed by atoms with Gasteiger partial charge < -0.3 is 0 Å². The lowest BCUT2D eigenvalue weighted by Gasteiger charge is -2.14. The Balaban J connectivity index is 2.04. The Kier molecular flexibility index (Phi) is 3.33. The molecule has 0 heterocycles. The first-order valence-corrected chi connectivity index (χ1v) is 6.87. The Morgan fingerprint density at radius 1 is 0.789 bits per heavy atom. The van der Waals surface area contributed by atoms with Gasteiger partial charge in [-0.15, -0.1) is 0 Å². The van der Waals surface area contributed by atoms with E-state index in [9.17, 15) is 0 Å². The van der Waals surface area contributed by atoms with Crippen LogP contribution in [0.25, 0.3) is 16.7 Å². The van der Waals surface area contributed by atoms with Crippen LogP contribution in [0.15, 0.2) is 72.3 Å². The maximum atomic E-state index is 2.30. The lowest BCUT2D eigenvalue weighted by molar-refractivity contribution is 0.967. The molecule has 0 spiro atoms. The zero-order valence-corrected chi connectivity index (χ0v) is 11.3. The number of hydrogen-bond acceptors (Lipinski definition) is 0. The van der Waals surface area contributed by atoms with Gasteiger partial charge in [0, 0.05) is 0 Å². The van der Waals surface area contributed by atoms with Crippen molar-refractivity contribution in [3.8, 4) is 11.1 Å². The van der Waals surface area contributed by atoms with Gasteiger partial charge in [0.1, 0.15) is 0 Å². The maximum absolute atomic E-state index is 2.30. The van der Waals surface area contributed by atoms with Gasteiger partial charge in [0.05, 0.1) is 0 Å². The Hall–Kier alpha value is -2.08. The van der Waals surface area contributed by atoms with Crippen LogP contribution in [0, 0.1) is 0 Å². The van der Waals surface area contributed by atoms with E-state index < -0.39 is 0 Å².